The fourth-order valence-corrected chi connectivity index (χ4v) is 2.93. The van der Waals surface area contributed by atoms with E-state index in [-0.39, 0.29) is 0 Å². The number of hydrogen-bond acceptors (Lipinski definition) is 2. The van der Waals surface area contributed by atoms with Crippen molar-refractivity contribution in [2.75, 3.05) is 13.7 Å². The maximum Gasteiger partial charge on any atom is 0.126 e. The fourth-order valence-electron chi connectivity index (χ4n) is 2.93. The van der Waals surface area contributed by atoms with Crippen LogP contribution in [0.5, 0.6) is 5.75 Å². The van der Waals surface area contributed by atoms with E-state index in [0.717, 1.165) is 30.7 Å². The fraction of sp³-hybridized carbons (Fsp3) is 0.444. The monoisotopic (exact) mass is 269 g/mol. The van der Waals surface area contributed by atoms with Crippen LogP contribution in [0.2, 0.25) is 0 Å². The Morgan fingerprint density at radius 2 is 1.90 bits per heavy atom. The highest BCUT2D eigenvalue weighted by atomic mass is 16.5. The van der Waals surface area contributed by atoms with E-state index in [0.29, 0.717) is 0 Å². The van der Waals surface area contributed by atoms with Crippen molar-refractivity contribution in [2.45, 2.75) is 26.3 Å². The normalized spacial score (nSPS) is 16.3. The summed E-state index contributed by atoms with van der Waals surface area (Å²) in [6.45, 7) is 4.41. The summed E-state index contributed by atoms with van der Waals surface area (Å²) in [4.78, 5) is 0. The summed E-state index contributed by atoms with van der Waals surface area (Å²) in [7, 11) is 1.73. The first-order chi connectivity index (χ1) is 9.79. The minimum atomic E-state index is 0.805. The molecule has 0 amide bonds. The Hall–Kier alpha value is -1.54. The Morgan fingerprint density at radius 1 is 1.15 bits per heavy atom. The number of benzene rings is 2. The van der Waals surface area contributed by atoms with Crippen LogP contribution in [0.25, 0.3) is 10.8 Å². The molecule has 106 valence electrons. The number of rotatable bonds is 6. The highest BCUT2D eigenvalue weighted by Crippen LogP contribution is 2.36. The largest absolute Gasteiger partial charge is 0.496 e. The molecule has 1 fully saturated rings. The van der Waals surface area contributed by atoms with Crippen molar-refractivity contribution in [2.24, 2.45) is 11.8 Å². The zero-order valence-corrected chi connectivity index (χ0v) is 12.4. The minimum Gasteiger partial charge on any atom is -0.496 e. The van der Waals surface area contributed by atoms with Gasteiger partial charge in [-0.25, -0.2) is 0 Å². The lowest BCUT2D eigenvalue weighted by Crippen LogP contribution is -2.21. The molecule has 1 aliphatic rings. The molecule has 1 atom stereocenters. The third kappa shape index (κ3) is 2.80. The van der Waals surface area contributed by atoms with E-state index in [4.69, 9.17) is 4.74 Å². The van der Waals surface area contributed by atoms with Gasteiger partial charge in [-0.2, -0.15) is 0 Å². The molecular formula is C18H23NO. The van der Waals surface area contributed by atoms with Crippen LogP contribution in [0.4, 0.5) is 0 Å². The molecule has 2 heteroatoms. The summed E-state index contributed by atoms with van der Waals surface area (Å²) in [5.41, 5.74) is 1.35. The van der Waals surface area contributed by atoms with Crippen molar-refractivity contribution in [3.63, 3.8) is 0 Å². The van der Waals surface area contributed by atoms with Crippen molar-refractivity contribution in [1.82, 2.24) is 5.32 Å². The van der Waals surface area contributed by atoms with Gasteiger partial charge < -0.3 is 10.1 Å². The smallest absolute Gasteiger partial charge is 0.126 e. The summed E-state index contributed by atoms with van der Waals surface area (Å²) in [6, 6.07) is 12.7. The Morgan fingerprint density at radius 3 is 2.60 bits per heavy atom. The molecule has 2 aromatic rings. The molecule has 0 aliphatic heterocycles. The van der Waals surface area contributed by atoms with Gasteiger partial charge in [0.15, 0.2) is 0 Å². The standard InChI is InChI=1S/C18H23NO/c1-13(14-7-8-14)11-19-12-15-9-10-18(20-2)17-6-4-3-5-16(15)17/h3-6,9-10,13-14,19H,7-8,11-12H2,1-2H3. The van der Waals surface area contributed by atoms with Gasteiger partial charge in [-0.05, 0) is 48.2 Å². The van der Waals surface area contributed by atoms with E-state index >= 15 is 0 Å². The van der Waals surface area contributed by atoms with Gasteiger partial charge in [0.05, 0.1) is 7.11 Å². The molecule has 20 heavy (non-hydrogen) atoms. The maximum atomic E-state index is 5.44. The number of methoxy groups -OCH3 is 1. The first kappa shape index (κ1) is 13.4. The van der Waals surface area contributed by atoms with Crippen LogP contribution in [-0.2, 0) is 6.54 Å². The summed E-state index contributed by atoms with van der Waals surface area (Å²) < 4.78 is 5.44. The van der Waals surface area contributed by atoms with Crippen molar-refractivity contribution in [3.05, 3.63) is 42.0 Å². The first-order valence-corrected chi connectivity index (χ1v) is 7.55. The second-order valence-corrected chi connectivity index (χ2v) is 5.92. The molecule has 1 N–H and O–H groups in total. The van der Waals surface area contributed by atoms with Crippen molar-refractivity contribution >= 4 is 10.8 Å². The molecular weight excluding hydrogens is 246 g/mol. The average molecular weight is 269 g/mol. The summed E-state index contributed by atoms with van der Waals surface area (Å²) in [5, 5.41) is 6.10. The highest BCUT2D eigenvalue weighted by molar-refractivity contribution is 5.91. The highest BCUT2D eigenvalue weighted by Gasteiger charge is 2.27. The summed E-state index contributed by atoms with van der Waals surface area (Å²) >= 11 is 0. The minimum absolute atomic E-state index is 0.805. The summed E-state index contributed by atoms with van der Waals surface area (Å²) in [6.07, 6.45) is 2.85. The second kappa shape index (κ2) is 5.84. The molecule has 0 spiro atoms. The molecule has 0 saturated heterocycles. The van der Waals surface area contributed by atoms with E-state index in [9.17, 15) is 0 Å². The van der Waals surface area contributed by atoms with Crippen LogP contribution in [0.3, 0.4) is 0 Å². The first-order valence-electron chi connectivity index (χ1n) is 7.55. The zero-order chi connectivity index (χ0) is 13.9. The Labute approximate surface area is 121 Å². The van der Waals surface area contributed by atoms with Crippen LogP contribution < -0.4 is 10.1 Å². The van der Waals surface area contributed by atoms with Crippen molar-refractivity contribution in [3.8, 4) is 5.75 Å². The molecule has 0 heterocycles. The molecule has 1 unspecified atom stereocenters. The van der Waals surface area contributed by atoms with Gasteiger partial charge in [0.25, 0.3) is 0 Å². The molecule has 0 radical (unpaired) electrons. The molecule has 0 bridgehead atoms. The van der Waals surface area contributed by atoms with E-state index in [1.807, 2.05) is 0 Å². The van der Waals surface area contributed by atoms with Crippen molar-refractivity contribution < 1.29 is 4.74 Å². The van der Waals surface area contributed by atoms with Crippen LogP contribution in [0, 0.1) is 11.8 Å². The lowest BCUT2D eigenvalue weighted by Gasteiger charge is -2.14. The van der Waals surface area contributed by atoms with E-state index in [1.165, 1.54) is 29.2 Å². The van der Waals surface area contributed by atoms with Crippen LogP contribution >= 0.6 is 0 Å². The molecule has 1 saturated carbocycles. The topological polar surface area (TPSA) is 21.3 Å². The van der Waals surface area contributed by atoms with E-state index in [1.54, 1.807) is 7.11 Å². The molecule has 1 aliphatic carbocycles. The Kier molecular flexibility index (Phi) is 3.93. The number of ether oxygens (including phenoxy) is 1. The van der Waals surface area contributed by atoms with Gasteiger partial charge in [-0.15, -0.1) is 0 Å². The van der Waals surface area contributed by atoms with Crippen LogP contribution in [-0.4, -0.2) is 13.7 Å². The van der Waals surface area contributed by atoms with Crippen LogP contribution in [0.15, 0.2) is 36.4 Å². The predicted octanol–water partition coefficient (Wildman–Crippen LogP) is 3.98. The third-order valence-corrected chi connectivity index (χ3v) is 4.40. The Bertz CT molecular complexity index is 589. The average Bonchev–Trinajstić information content (AvgIpc) is 3.32. The quantitative estimate of drug-likeness (QED) is 0.856. The zero-order valence-electron chi connectivity index (χ0n) is 12.4. The Balaban J connectivity index is 1.74. The van der Waals surface area contributed by atoms with E-state index < -0.39 is 0 Å². The van der Waals surface area contributed by atoms with Gasteiger partial charge >= 0.3 is 0 Å². The van der Waals surface area contributed by atoms with Gasteiger partial charge in [-0.1, -0.05) is 37.3 Å². The lowest BCUT2D eigenvalue weighted by atomic mass is 10.0. The van der Waals surface area contributed by atoms with Crippen molar-refractivity contribution in [1.29, 1.82) is 0 Å². The SMILES string of the molecule is COc1ccc(CNCC(C)C2CC2)c2ccccc12. The predicted molar refractivity (Wildman–Crippen MR) is 84.1 cm³/mol. The summed E-state index contributed by atoms with van der Waals surface area (Å²) in [5.74, 6) is 2.73. The third-order valence-electron chi connectivity index (χ3n) is 4.40. The van der Waals surface area contributed by atoms with Gasteiger partial charge in [0.2, 0.25) is 0 Å². The molecule has 2 aromatic carbocycles. The van der Waals surface area contributed by atoms with Gasteiger partial charge in [-0.3, -0.25) is 0 Å². The lowest BCUT2D eigenvalue weighted by molar-refractivity contribution is 0.419. The van der Waals surface area contributed by atoms with Gasteiger partial charge in [0.1, 0.15) is 5.75 Å². The molecule has 3 rings (SSSR count). The number of nitrogens with one attached hydrogen (secondary N) is 1. The van der Waals surface area contributed by atoms with E-state index in [2.05, 4.69) is 48.6 Å². The maximum absolute atomic E-state index is 5.44. The van der Waals surface area contributed by atoms with Gasteiger partial charge in [0, 0.05) is 11.9 Å². The number of hydrogen-bond donors (Lipinski definition) is 1. The molecule has 2 nitrogen and oxygen atoms in total. The van der Waals surface area contributed by atoms with Crippen LogP contribution in [0.1, 0.15) is 25.3 Å². The second-order valence-electron chi connectivity index (χ2n) is 5.92. The number of fused-ring (bicyclic) bond motifs is 1. The molecule has 0 aromatic heterocycles.